The molecule has 0 bridgehead atoms. The highest BCUT2D eigenvalue weighted by Crippen LogP contribution is 2.34. The predicted octanol–water partition coefficient (Wildman–Crippen LogP) is 4.44. The van der Waals surface area contributed by atoms with E-state index in [-0.39, 0.29) is 5.41 Å². The van der Waals surface area contributed by atoms with E-state index in [0.29, 0.717) is 11.1 Å². The van der Waals surface area contributed by atoms with Crippen molar-refractivity contribution in [2.45, 2.75) is 31.1 Å². The lowest BCUT2D eigenvalue weighted by Gasteiger charge is -2.38. The third kappa shape index (κ3) is 6.15. The molecule has 6 rings (SSSR count). The summed E-state index contributed by atoms with van der Waals surface area (Å²) in [5.41, 5.74) is 2.60. The summed E-state index contributed by atoms with van der Waals surface area (Å²) in [6, 6.07) is 23.5. The number of thiocarbonyl (C=S) groups is 1. The number of benzene rings is 2. The van der Waals surface area contributed by atoms with Crippen molar-refractivity contribution >= 4 is 40.6 Å². The Hall–Kier alpha value is -3.43. The third-order valence-electron chi connectivity index (χ3n) is 8.50. The summed E-state index contributed by atoms with van der Waals surface area (Å²) in [6.07, 6.45) is 4.32. The highest BCUT2D eigenvalue weighted by molar-refractivity contribution is 7.80. The van der Waals surface area contributed by atoms with Crippen LogP contribution >= 0.6 is 12.2 Å². The molecule has 4 heterocycles. The first kappa shape index (κ1) is 26.8. The summed E-state index contributed by atoms with van der Waals surface area (Å²) in [4.78, 5) is 17.0. The van der Waals surface area contributed by atoms with Crippen LogP contribution in [0.15, 0.2) is 66.7 Å². The smallest absolute Gasteiger partial charge is 0.232 e. The van der Waals surface area contributed by atoms with Crippen molar-refractivity contribution < 1.29 is 4.74 Å². The predicted molar refractivity (Wildman–Crippen MR) is 167 cm³/mol. The number of hydrogen-bond acceptors (Lipinski definition) is 7. The van der Waals surface area contributed by atoms with E-state index < -0.39 is 0 Å². The van der Waals surface area contributed by atoms with E-state index in [1.807, 2.05) is 0 Å². The van der Waals surface area contributed by atoms with Crippen LogP contribution < -0.4 is 25.3 Å². The molecule has 2 aromatic carbocycles. The average molecular weight is 558 g/mol. The number of hydrogen-bond donors (Lipinski definition) is 2. The number of piperazine rings is 1. The van der Waals surface area contributed by atoms with Gasteiger partial charge in [0.2, 0.25) is 5.95 Å². The lowest BCUT2D eigenvalue weighted by atomic mass is 9.74. The highest BCUT2D eigenvalue weighted by Gasteiger charge is 2.34. The molecule has 210 valence electrons. The second-order valence-corrected chi connectivity index (χ2v) is 11.4. The van der Waals surface area contributed by atoms with Gasteiger partial charge in [-0.25, -0.2) is 0 Å². The molecule has 0 amide bonds. The molecule has 9 heteroatoms. The second-order valence-electron chi connectivity index (χ2n) is 11.0. The van der Waals surface area contributed by atoms with Crippen molar-refractivity contribution in [3.05, 3.63) is 72.3 Å². The van der Waals surface area contributed by atoms with Gasteiger partial charge in [0.05, 0.1) is 0 Å². The molecule has 3 aliphatic heterocycles. The van der Waals surface area contributed by atoms with Crippen LogP contribution in [0, 0.1) is 0 Å². The summed E-state index contributed by atoms with van der Waals surface area (Å²) < 4.78 is 5.70. The molecule has 0 saturated carbocycles. The largest absolute Gasteiger partial charge is 0.381 e. The van der Waals surface area contributed by atoms with E-state index in [1.165, 1.54) is 24.1 Å². The van der Waals surface area contributed by atoms with E-state index in [9.17, 15) is 0 Å². The van der Waals surface area contributed by atoms with Crippen molar-refractivity contribution in [1.29, 1.82) is 0 Å². The van der Waals surface area contributed by atoms with Crippen LogP contribution in [-0.4, -0.2) is 74.1 Å². The fourth-order valence-electron chi connectivity index (χ4n) is 6.10. The van der Waals surface area contributed by atoms with Crippen LogP contribution in [-0.2, 0) is 10.2 Å². The zero-order chi connectivity index (χ0) is 27.2. The summed E-state index contributed by atoms with van der Waals surface area (Å²) in [5.74, 6) is 2.49. The van der Waals surface area contributed by atoms with Crippen LogP contribution in [0.1, 0.15) is 31.2 Å². The minimum Gasteiger partial charge on any atom is -0.381 e. The van der Waals surface area contributed by atoms with Gasteiger partial charge in [-0.1, -0.05) is 48.5 Å². The van der Waals surface area contributed by atoms with E-state index in [0.717, 1.165) is 83.5 Å². The van der Waals surface area contributed by atoms with Crippen molar-refractivity contribution in [2.75, 3.05) is 79.0 Å². The van der Waals surface area contributed by atoms with Crippen molar-refractivity contribution in [3.8, 4) is 0 Å². The van der Waals surface area contributed by atoms with Crippen molar-refractivity contribution in [2.24, 2.45) is 0 Å². The normalized spacial score (nSPS) is 18.9. The van der Waals surface area contributed by atoms with Gasteiger partial charge >= 0.3 is 0 Å². The first-order valence-corrected chi connectivity index (χ1v) is 15.0. The molecule has 8 nitrogen and oxygen atoms in total. The van der Waals surface area contributed by atoms with Crippen molar-refractivity contribution in [1.82, 2.24) is 15.3 Å². The molecule has 2 N–H and O–H groups in total. The maximum Gasteiger partial charge on any atom is 0.232 e. The number of nitrogens with zero attached hydrogens (tertiary/aromatic N) is 5. The molecule has 3 aromatic rings. The minimum absolute atomic E-state index is 0.00685. The molecule has 0 atom stereocenters. The van der Waals surface area contributed by atoms with Crippen LogP contribution in [0.4, 0.5) is 23.3 Å². The molecule has 40 heavy (non-hydrogen) atoms. The molecule has 3 aliphatic rings. The van der Waals surface area contributed by atoms with Crippen molar-refractivity contribution in [3.63, 3.8) is 0 Å². The first-order valence-electron chi connectivity index (χ1n) is 14.6. The Morgan fingerprint density at radius 1 is 0.775 bits per heavy atom. The molecule has 0 radical (unpaired) electrons. The van der Waals surface area contributed by atoms with Crippen LogP contribution in [0.2, 0.25) is 0 Å². The summed E-state index contributed by atoms with van der Waals surface area (Å²) in [7, 11) is 0. The lowest BCUT2D eigenvalue weighted by molar-refractivity contribution is 0.0515. The SMILES string of the molecule is S=C(NCC1(c2ccccc2)CCOCC1)Nc1nc(N2CCCC2)cc(N2CCN(c3ccccc3)CC2)n1. The first-order chi connectivity index (χ1) is 19.7. The maximum absolute atomic E-state index is 5.78. The Bertz CT molecular complexity index is 1260. The van der Waals surface area contributed by atoms with Gasteiger partial charge in [-0.2, -0.15) is 9.97 Å². The number of anilines is 4. The Kier molecular flexibility index (Phi) is 8.29. The molecular weight excluding hydrogens is 518 g/mol. The van der Waals surface area contributed by atoms with Gasteiger partial charge in [0, 0.05) is 76.2 Å². The Morgan fingerprint density at radius 2 is 1.35 bits per heavy atom. The van der Waals surface area contributed by atoms with E-state index >= 15 is 0 Å². The summed E-state index contributed by atoms with van der Waals surface area (Å²) in [6.45, 7) is 8.07. The zero-order valence-electron chi connectivity index (χ0n) is 23.1. The Balaban J connectivity index is 1.15. The molecule has 0 spiro atoms. The Labute approximate surface area is 242 Å². The molecule has 3 fully saturated rings. The number of para-hydroxylation sites is 1. The average Bonchev–Trinajstić information content (AvgIpc) is 3.57. The van der Waals surface area contributed by atoms with Gasteiger partial charge in [0.15, 0.2) is 5.11 Å². The summed E-state index contributed by atoms with van der Waals surface area (Å²) in [5, 5.41) is 7.39. The fourth-order valence-corrected chi connectivity index (χ4v) is 6.26. The maximum atomic E-state index is 5.78. The van der Waals surface area contributed by atoms with E-state index in [1.54, 1.807) is 0 Å². The topological polar surface area (TPSA) is 68.8 Å². The van der Waals surface area contributed by atoms with Crippen LogP contribution in [0.5, 0.6) is 0 Å². The third-order valence-corrected chi connectivity index (χ3v) is 8.75. The fraction of sp³-hybridized carbons (Fsp3) is 0.452. The standard InChI is InChI=1S/C31H39N7OS/c40-30(32-24-31(13-21-39-22-14-31)25-9-3-1-4-10-25)35-29-33-27(37-15-7-8-16-37)23-28(34-29)38-19-17-36(18-20-38)26-11-5-2-6-12-26/h1-6,9-12,23H,7-8,13-22,24H2,(H2,32,33,34,35,40). The number of ether oxygens (including phenoxy) is 1. The lowest BCUT2D eigenvalue weighted by Crippen LogP contribution is -2.47. The van der Waals surface area contributed by atoms with Gasteiger partial charge in [0.1, 0.15) is 11.6 Å². The highest BCUT2D eigenvalue weighted by atomic mass is 32.1. The summed E-state index contributed by atoms with van der Waals surface area (Å²) >= 11 is 5.78. The van der Waals surface area contributed by atoms with Gasteiger partial charge in [0.25, 0.3) is 0 Å². The van der Waals surface area contributed by atoms with Gasteiger partial charge in [-0.3, -0.25) is 0 Å². The Morgan fingerprint density at radius 3 is 2.00 bits per heavy atom. The van der Waals surface area contributed by atoms with Gasteiger partial charge in [-0.15, -0.1) is 0 Å². The van der Waals surface area contributed by atoms with Crippen LogP contribution in [0.25, 0.3) is 0 Å². The van der Waals surface area contributed by atoms with Gasteiger partial charge in [-0.05, 0) is 55.6 Å². The monoisotopic (exact) mass is 557 g/mol. The molecule has 0 unspecified atom stereocenters. The number of nitrogens with one attached hydrogen (secondary N) is 2. The van der Waals surface area contributed by atoms with Gasteiger partial charge < -0.3 is 30.1 Å². The molecule has 3 saturated heterocycles. The van der Waals surface area contributed by atoms with E-state index in [4.69, 9.17) is 26.9 Å². The quantitative estimate of drug-likeness (QED) is 0.411. The second kappa shape index (κ2) is 12.4. The van der Waals surface area contributed by atoms with E-state index in [2.05, 4.69) is 92.1 Å². The molecule has 1 aromatic heterocycles. The molecule has 0 aliphatic carbocycles. The molecular formula is C31H39N7OS. The number of aromatic nitrogens is 2. The zero-order valence-corrected chi connectivity index (χ0v) is 23.9. The van der Waals surface area contributed by atoms with Crippen LogP contribution in [0.3, 0.4) is 0 Å². The number of rotatable bonds is 7. The minimum atomic E-state index is -0.00685.